The molecule has 1 aromatic heterocycles. The van der Waals surface area contributed by atoms with E-state index in [1.807, 2.05) is 13.8 Å². The van der Waals surface area contributed by atoms with E-state index in [1.165, 1.54) is 13.4 Å². The van der Waals surface area contributed by atoms with Crippen LogP contribution in [0.3, 0.4) is 0 Å². The lowest BCUT2D eigenvalue weighted by Crippen LogP contribution is -2.55. The highest BCUT2D eigenvalue weighted by Crippen LogP contribution is 2.62. The Bertz CT molecular complexity index is 1190. The Morgan fingerprint density at radius 1 is 1.24 bits per heavy atom. The third kappa shape index (κ3) is 2.85. The van der Waals surface area contributed by atoms with Crippen LogP contribution in [0.25, 0.3) is 0 Å². The minimum atomic E-state index is -1.23. The van der Waals surface area contributed by atoms with Crippen LogP contribution >= 0.6 is 0 Å². The molecule has 0 bridgehead atoms. The Balaban J connectivity index is 1.76. The second kappa shape index (κ2) is 7.46. The fraction of sp³-hybridized carbons (Fsp3) is 0.560. The second-order valence-electron chi connectivity index (χ2n) is 10.2. The summed E-state index contributed by atoms with van der Waals surface area (Å²) in [5.41, 5.74) is -0.171. The smallest absolute Gasteiger partial charge is 0.342 e. The molecule has 9 heteroatoms. The van der Waals surface area contributed by atoms with Crippen molar-refractivity contribution >= 4 is 29.3 Å². The van der Waals surface area contributed by atoms with Crippen molar-refractivity contribution in [3.8, 4) is 0 Å². The van der Waals surface area contributed by atoms with Gasteiger partial charge >= 0.3 is 11.9 Å². The predicted octanol–water partition coefficient (Wildman–Crippen LogP) is 2.65. The number of carboxylic acid groups (broad SMARTS) is 1. The molecule has 34 heavy (non-hydrogen) atoms. The first kappa shape index (κ1) is 22.7. The van der Waals surface area contributed by atoms with Crippen molar-refractivity contribution in [3.05, 3.63) is 34.3 Å². The standard InChI is InChI=1S/C25H26O9/c1-24-8-11(6-12(26)7-17(28)29)19-18(14(24)4-5-15(24)27)21(30)22-20-13(9-33-22)23(31)34-16(10-32-3)25(19,20)2/h9,11,14,16H,4-8,10H2,1-3H3,(H,28,29)/t11-,14+,16-,24+,25-/m1/s1. The number of carboxylic acids is 1. The molecule has 1 aliphatic heterocycles. The number of ketones is 3. The van der Waals surface area contributed by atoms with Crippen LogP contribution in [-0.4, -0.2) is 54.2 Å². The zero-order valence-electron chi connectivity index (χ0n) is 19.3. The van der Waals surface area contributed by atoms with E-state index in [9.17, 15) is 24.0 Å². The van der Waals surface area contributed by atoms with Gasteiger partial charge in [-0.05, 0) is 31.3 Å². The molecule has 180 valence electrons. The molecular weight excluding hydrogens is 444 g/mol. The average Bonchev–Trinajstić information content (AvgIpc) is 3.32. The highest BCUT2D eigenvalue weighted by molar-refractivity contribution is 6.14. The number of carbonyl (C=O) groups is 5. The number of ether oxygens (including phenoxy) is 2. The Morgan fingerprint density at radius 3 is 2.65 bits per heavy atom. The van der Waals surface area contributed by atoms with Gasteiger partial charge in [-0.15, -0.1) is 0 Å². The van der Waals surface area contributed by atoms with Crippen molar-refractivity contribution in [2.24, 2.45) is 17.3 Å². The molecular formula is C25H26O9. The Hall–Kier alpha value is -3.07. The number of aliphatic carboxylic acids is 1. The van der Waals surface area contributed by atoms with Gasteiger partial charge in [0.15, 0.2) is 5.76 Å². The summed E-state index contributed by atoms with van der Waals surface area (Å²) in [5.74, 6) is -3.52. The molecule has 0 saturated heterocycles. The van der Waals surface area contributed by atoms with Crippen LogP contribution in [0, 0.1) is 17.3 Å². The number of hydrogen-bond donors (Lipinski definition) is 1. The lowest BCUT2D eigenvalue weighted by atomic mass is 9.51. The van der Waals surface area contributed by atoms with Gasteiger partial charge in [0.25, 0.3) is 0 Å². The summed E-state index contributed by atoms with van der Waals surface area (Å²) in [6.07, 6.45) is 0.823. The Labute approximate surface area is 195 Å². The molecule has 5 atom stereocenters. The third-order valence-corrected chi connectivity index (χ3v) is 8.36. The first-order chi connectivity index (χ1) is 16.0. The first-order valence-electron chi connectivity index (χ1n) is 11.4. The molecule has 4 aliphatic rings. The van der Waals surface area contributed by atoms with Gasteiger partial charge in [0.2, 0.25) is 5.78 Å². The molecule has 3 aliphatic carbocycles. The van der Waals surface area contributed by atoms with Crippen LogP contribution in [0.1, 0.15) is 72.4 Å². The lowest BCUT2D eigenvalue weighted by molar-refractivity contribution is -0.140. The van der Waals surface area contributed by atoms with Gasteiger partial charge in [0.05, 0.1) is 12.0 Å². The number of esters is 1. The second-order valence-corrected chi connectivity index (χ2v) is 10.2. The van der Waals surface area contributed by atoms with Gasteiger partial charge in [0.1, 0.15) is 35.9 Å². The molecule has 0 radical (unpaired) electrons. The van der Waals surface area contributed by atoms with Gasteiger partial charge in [0, 0.05) is 42.4 Å². The van der Waals surface area contributed by atoms with E-state index in [0.717, 1.165) is 0 Å². The number of furan rings is 1. The highest BCUT2D eigenvalue weighted by atomic mass is 16.6. The van der Waals surface area contributed by atoms with Gasteiger partial charge in [-0.25, -0.2) is 4.79 Å². The minimum Gasteiger partial charge on any atom is -0.481 e. The van der Waals surface area contributed by atoms with Gasteiger partial charge < -0.3 is 19.0 Å². The molecule has 0 spiro atoms. The summed E-state index contributed by atoms with van der Waals surface area (Å²) in [7, 11) is 1.48. The summed E-state index contributed by atoms with van der Waals surface area (Å²) in [6, 6.07) is 0. The van der Waals surface area contributed by atoms with E-state index in [2.05, 4.69) is 0 Å². The van der Waals surface area contributed by atoms with E-state index in [0.29, 0.717) is 36.0 Å². The van der Waals surface area contributed by atoms with Crippen LogP contribution in [-0.2, 0) is 29.3 Å². The molecule has 9 nitrogen and oxygen atoms in total. The molecule has 1 saturated carbocycles. The van der Waals surface area contributed by atoms with E-state index in [4.69, 9.17) is 19.0 Å². The number of hydrogen-bond acceptors (Lipinski definition) is 8. The van der Waals surface area contributed by atoms with Crippen LogP contribution in [0.5, 0.6) is 0 Å². The van der Waals surface area contributed by atoms with Crippen LogP contribution < -0.4 is 0 Å². The number of carbonyl (C=O) groups excluding carboxylic acids is 4. The first-order valence-corrected chi connectivity index (χ1v) is 11.4. The van der Waals surface area contributed by atoms with E-state index < -0.39 is 47.0 Å². The lowest BCUT2D eigenvalue weighted by Gasteiger charge is -2.52. The van der Waals surface area contributed by atoms with Crippen molar-refractivity contribution in [2.45, 2.75) is 57.5 Å². The van der Waals surface area contributed by atoms with Crippen molar-refractivity contribution in [1.82, 2.24) is 0 Å². The molecule has 1 aromatic rings. The topological polar surface area (TPSA) is 137 Å². The molecule has 2 heterocycles. The Kier molecular flexibility index (Phi) is 4.99. The van der Waals surface area contributed by atoms with E-state index in [1.54, 1.807) is 0 Å². The number of cyclic esters (lactones) is 1. The monoisotopic (exact) mass is 470 g/mol. The minimum absolute atomic E-state index is 0.0344. The number of Topliss-reactive ketones (excluding diaryl/α,β-unsaturated/α-hetero) is 3. The maximum absolute atomic E-state index is 13.8. The van der Waals surface area contributed by atoms with E-state index in [-0.39, 0.29) is 41.8 Å². The van der Waals surface area contributed by atoms with Crippen molar-refractivity contribution in [1.29, 1.82) is 0 Å². The van der Waals surface area contributed by atoms with Crippen molar-refractivity contribution in [3.63, 3.8) is 0 Å². The summed E-state index contributed by atoms with van der Waals surface area (Å²) in [4.78, 5) is 63.4. The zero-order valence-corrected chi connectivity index (χ0v) is 19.3. The quantitative estimate of drug-likeness (QED) is 0.491. The van der Waals surface area contributed by atoms with Crippen molar-refractivity contribution < 1.29 is 43.0 Å². The van der Waals surface area contributed by atoms with Crippen LogP contribution in [0.15, 0.2) is 21.8 Å². The van der Waals surface area contributed by atoms with Crippen LogP contribution in [0.4, 0.5) is 0 Å². The highest BCUT2D eigenvalue weighted by Gasteiger charge is 2.63. The number of fused-ring (bicyclic) bond motifs is 3. The Morgan fingerprint density at radius 2 is 1.97 bits per heavy atom. The summed E-state index contributed by atoms with van der Waals surface area (Å²) >= 11 is 0. The third-order valence-electron chi connectivity index (χ3n) is 8.36. The summed E-state index contributed by atoms with van der Waals surface area (Å²) in [5, 5.41) is 9.14. The fourth-order valence-corrected chi connectivity index (χ4v) is 6.93. The number of methoxy groups -OCH3 is 1. The normalized spacial score (nSPS) is 33.9. The van der Waals surface area contributed by atoms with Crippen LogP contribution in [0.2, 0.25) is 0 Å². The molecule has 1 N–H and O–H groups in total. The van der Waals surface area contributed by atoms with Gasteiger partial charge in [-0.1, -0.05) is 6.92 Å². The molecule has 1 fully saturated rings. The van der Waals surface area contributed by atoms with Crippen molar-refractivity contribution in [2.75, 3.05) is 13.7 Å². The molecule has 0 unspecified atom stereocenters. The van der Waals surface area contributed by atoms with Gasteiger partial charge in [-0.3, -0.25) is 19.2 Å². The largest absolute Gasteiger partial charge is 0.481 e. The summed E-state index contributed by atoms with van der Waals surface area (Å²) in [6.45, 7) is 3.74. The number of allylic oxidation sites excluding steroid dienone is 1. The maximum Gasteiger partial charge on any atom is 0.342 e. The fourth-order valence-electron chi connectivity index (χ4n) is 6.93. The molecule has 0 aromatic carbocycles. The molecule has 5 rings (SSSR count). The molecule has 0 amide bonds. The van der Waals surface area contributed by atoms with Gasteiger partial charge in [-0.2, -0.15) is 0 Å². The SMILES string of the molecule is COC[C@H]1OC(=O)c2coc3c2[C@@]1(C)C1=C(C3=O)[C@@H]2CCC(=O)[C@@]2(C)C[C@H]1CC(=O)CC(=O)O. The average molecular weight is 470 g/mol. The van der Waals surface area contributed by atoms with E-state index >= 15 is 0 Å². The summed E-state index contributed by atoms with van der Waals surface area (Å²) < 4.78 is 16.8. The number of rotatable bonds is 6. The maximum atomic E-state index is 13.8. The predicted molar refractivity (Wildman–Crippen MR) is 114 cm³/mol. The zero-order chi connectivity index (χ0) is 24.6.